The molecule has 1 aromatic rings. The number of aryl methyl sites for hydroxylation is 1. The van der Waals surface area contributed by atoms with Crippen LogP contribution >= 0.6 is 11.8 Å². The molecule has 0 saturated heterocycles. The quantitative estimate of drug-likeness (QED) is 0.515. The van der Waals surface area contributed by atoms with Crippen LogP contribution in [0, 0.1) is 12.3 Å². The maximum atomic E-state index is 2.31. The molecule has 1 heteroatoms. The van der Waals surface area contributed by atoms with Gasteiger partial charge in [0.1, 0.15) is 0 Å². The standard InChI is InChI=1S/C14H22S/c1-12-6-8-13(9-7-12)15-11-5-10-14(2,3)4/h6-9H,5,10-11H2,1-4H3. The predicted molar refractivity (Wildman–Crippen MR) is 70.6 cm³/mol. The number of rotatable bonds is 4. The third-order valence-electron chi connectivity index (χ3n) is 2.36. The number of thioether (sulfide) groups is 1. The van der Waals surface area contributed by atoms with Gasteiger partial charge in [-0.2, -0.15) is 0 Å². The first-order valence-electron chi connectivity index (χ1n) is 5.67. The molecule has 0 saturated carbocycles. The molecule has 0 amide bonds. The lowest BCUT2D eigenvalue weighted by molar-refractivity contribution is 0.375. The van der Waals surface area contributed by atoms with Crippen LogP contribution in [0.5, 0.6) is 0 Å². The van der Waals surface area contributed by atoms with Gasteiger partial charge in [-0.3, -0.25) is 0 Å². The summed E-state index contributed by atoms with van der Waals surface area (Å²) in [6.07, 6.45) is 2.62. The fourth-order valence-corrected chi connectivity index (χ4v) is 2.28. The van der Waals surface area contributed by atoms with E-state index in [1.807, 2.05) is 11.8 Å². The van der Waals surface area contributed by atoms with Crippen molar-refractivity contribution in [3.63, 3.8) is 0 Å². The van der Waals surface area contributed by atoms with Gasteiger partial charge in [-0.15, -0.1) is 11.8 Å². The van der Waals surface area contributed by atoms with Gasteiger partial charge in [0.05, 0.1) is 0 Å². The third-order valence-corrected chi connectivity index (χ3v) is 3.46. The summed E-state index contributed by atoms with van der Waals surface area (Å²) in [7, 11) is 0. The summed E-state index contributed by atoms with van der Waals surface area (Å²) in [6.45, 7) is 9.06. The normalized spacial score (nSPS) is 11.7. The number of hydrogen-bond acceptors (Lipinski definition) is 1. The molecular weight excluding hydrogens is 200 g/mol. The Morgan fingerprint density at radius 3 is 2.20 bits per heavy atom. The van der Waals surface area contributed by atoms with Crippen LogP contribution in [0.15, 0.2) is 29.2 Å². The van der Waals surface area contributed by atoms with Crippen molar-refractivity contribution in [2.24, 2.45) is 5.41 Å². The highest BCUT2D eigenvalue weighted by Crippen LogP contribution is 2.25. The lowest BCUT2D eigenvalue weighted by Gasteiger charge is -2.17. The maximum Gasteiger partial charge on any atom is 0.00721 e. The van der Waals surface area contributed by atoms with Crippen LogP contribution in [0.25, 0.3) is 0 Å². The van der Waals surface area contributed by atoms with E-state index in [0.717, 1.165) is 0 Å². The van der Waals surface area contributed by atoms with Crippen molar-refractivity contribution in [3.8, 4) is 0 Å². The lowest BCUT2D eigenvalue weighted by Crippen LogP contribution is -2.04. The highest BCUT2D eigenvalue weighted by atomic mass is 32.2. The van der Waals surface area contributed by atoms with E-state index < -0.39 is 0 Å². The van der Waals surface area contributed by atoms with Gasteiger partial charge in [-0.05, 0) is 43.1 Å². The van der Waals surface area contributed by atoms with Crippen molar-refractivity contribution in [2.45, 2.75) is 45.4 Å². The lowest BCUT2D eigenvalue weighted by atomic mass is 9.91. The zero-order valence-electron chi connectivity index (χ0n) is 10.3. The molecule has 0 aliphatic heterocycles. The Bertz CT molecular complexity index is 279. The Morgan fingerprint density at radius 2 is 1.67 bits per heavy atom. The van der Waals surface area contributed by atoms with Crippen molar-refractivity contribution in [1.82, 2.24) is 0 Å². The molecule has 0 bridgehead atoms. The number of hydrogen-bond donors (Lipinski definition) is 0. The van der Waals surface area contributed by atoms with E-state index in [-0.39, 0.29) is 0 Å². The fourth-order valence-electron chi connectivity index (χ4n) is 1.43. The first kappa shape index (κ1) is 12.6. The summed E-state index contributed by atoms with van der Waals surface area (Å²) in [6, 6.07) is 8.81. The van der Waals surface area contributed by atoms with E-state index in [1.54, 1.807) is 0 Å². The van der Waals surface area contributed by atoms with Gasteiger partial charge in [0, 0.05) is 4.90 Å². The van der Waals surface area contributed by atoms with Gasteiger partial charge in [-0.25, -0.2) is 0 Å². The van der Waals surface area contributed by atoms with Gasteiger partial charge in [-0.1, -0.05) is 38.5 Å². The Labute approximate surface area is 98.5 Å². The van der Waals surface area contributed by atoms with E-state index in [9.17, 15) is 0 Å². The van der Waals surface area contributed by atoms with E-state index in [2.05, 4.69) is 52.0 Å². The van der Waals surface area contributed by atoms with Crippen molar-refractivity contribution in [3.05, 3.63) is 29.8 Å². The SMILES string of the molecule is Cc1ccc(SCCCC(C)(C)C)cc1. The molecule has 0 aliphatic carbocycles. The van der Waals surface area contributed by atoms with E-state index >= 15 is 0 Å². The molecule has 0 spiro atoms. The molecule has 84 valence electrons. The Hall–Kier alpha value is -0.430. The van der Waals surface area contributed by atoms with Gasteiger partial charge in [0.25, 0.3) is 0 Å². The van der Waals surface area contributed by atoms with Gasteiger partial charge < -0.3 is 0 Å². The summed E-state index contributed by atoms with van der Waals surface area (Å²) in [5, 5.41) is 0. The second-order valence-electron chi connectivity index (χ2n) is 5.33. The van der Waals surface area contributed by atoms with Crippen molar-refractivity contribution in [1.29, 1.82) is 0 Å². The van der Waals surface area contributed by atoms with Crippen LogP contribution in [0.3, 0.4) is 0 Å². The summed E-state index contributed by atoms with van der Waals surface area (Å²) in [4.78, 5) is 1.40. The van der Waals surface area contributed by atoms with Gasteiger partial charge in [0.2, 0.25) is 0 Å². The van der Waals surface area contributed by atoms with Gasteiger partial charge >= 0.3 is 0 Å². The Morgan fingerprint density at radius 1 is 1.07 bits per heavy atom. The van der Waals surface area contributed by atoms with E-state index in [1.165, 1.54) is 29.1 Å². The summed E-state index contributed by atoms with van der Waals surface area (Å²) < 4.78 is 0. The molecule has 0 fully saturated rings. The minimum atomic E-state index is 0.480. The number of benzene rings is 1. The monoisotopic (exact) mass is 222 g/mol. The highest BCUT2D eigenvalue weighted by Gasteiger charge is 2.08. The molecule has 0 N–H and O–H groups in total. The zero-order chi connectivity index (χ0) is 11.3. The molecular formula is C14H22S. The smallest absolute Gasteiger partial charge is 0.00721 e. The average Bonchev–Trinajstić information content (AvgIpc) is 2.14. The van der Waals surface area contributed by atoms with Crippen LogP contribution in [-0.2, 0) is 0 Å². The molecule has 15 heavy (non-hydrogen) atoms. The second kappa shape index (κ2) is 5.60. The minimum Gasteiger partial charge on any atom is -0.126 e. The summed E-state index contributed by atoms with van der Waals surface area (Å²) >= 11 is 1.97. The molecule has 0 nitrogen and oxygen atoms in total. The summed E-state index contributed by atoms with van der Waals surface area (Å²) in [5.41, 5.74) is 1.82. The molecule has 0 aromatic heterocycles. The van der Waals surface area contributed by atoms with Crippen LogP contribution in [-0.4, -0.2) is 5.75 Å². The molecule has 1 aromatic carbocycles. The van der Waals surface area contributed by atoms with Crippen molar-refractivity contribution < 1.29 is 0 Å². The molecule has 0 atom stereocenters. The van der Waals surface area contributed by atoms with Gasteiger partial charge in [0.15, 0.2) is 0 Å². The first-order valence-corrected chi connectivity index (χ1v) is 6.65. The average molecular weight is 222 g/mol. The molecule has 1 rings (SSSR count). The fraction of sp³-hybridized carbons (Fsp3) is 0.571. The van der Waals surface area contributed by atoms with Crippen LogP contribution in [0.2, 0.25) is 0 Å². The minimum absolute atomic E-state index is 0.480. The Kier molecular flexibility index (Phi) is 4.72. The van der Waals surface area contributed by atoms with Crippen molar-refractivity contribution in [2.75, 3.05) is 5.75 Å². The van der Waals surface area contributed by atoms with Crippen molar-refractivity contribution >= 4 is 11.8 Å². The Balaban J connectivity index is 2.23. The molecule has 0 heterocycles. The third kappa shape index (κ3) is 5.88. The molecule has 0 radical (unpaired) electrons. The van der Waals surface area contributed by atoms with Crippen LogP contribution in [0.4, 0.5) is 0 Å². The van der Waals surface area contributed by atoms with Crippen LogP contribution < -0.4 is 0 Å². The first-order chi connectivity index (χ1) is 6.97. The topological polar surface area (TPSA) is 0 Å². The largest absolute Gasteiger partial charge is 0.126 e. The van der Waals surface area contributed by atoms with E-state index in [4.69, 9.17) is 0 Å². The highest BCUT2D eigenvalue weighted by molar-refractivity contribution is 7.99. The molecule has 0 aliphatic rings. The zero-order valence-corrected chi connectivity index (χ0v) is 11.2. The predicted octanol–water partition coefficient (Wildman–Crippen LogP) is 4.91. The maximum absolute atomic E-state index is 2.31. The molecule has 0 unspecified atom stereocenters. The van der Waals surface area contributed by atoms with E-state index in [0.29, 0.717) is 5.41 Å². The van der Waals surface area contributed by atoms with Crippen LogP contribution in [0.1, 0.15) is 39.2 Å². The summed E-state index contributed by atoms with van der Waals surface area (Å²) in [5.74, 6) is 1.24. The second-order valence-corrected chi connectivity index (χ2v) is 6.49.